The van der Waals surface area contributed by atoms with Gasteiger partial charge in [-0.2, -0.15) is 0 Å². The number of carbonyl (C=O) groups is 4. The summed E-state index contributed by atoms with van der Waals surface area (Å²) in [5, 5.41) is 0. The van der Waals surface area contributed by atoms with E-state index in [-0.39, 0.29) is 17.8 Å². The first-order valence-electron chi connectivity index (χ1n) is 13.2. The molecule has 0 amide bonds. The molecule has 9 atom stereocenters. The molecule has 3 rings (SSSR count). The van der Waals surface area contributed by atoms with Crippen LogP contribution in [0.3, 0.4) is 0 Å². The summed E-state index contributed by atoms with van der Waals surface area (Å²) < 4.78 is 30.2. The van der Waals surface area contributed by atoms with E-state index >= 15 is 0 Å². The summed E-state index contributed by atoms with van der Waals surface area (Å²) in [7, 11) is 0. The average molecular weight is 523 g/mol. The zero-order valence-electron chi connectivity index (χ0n) is 23.3. The zero-order valence-corrected chi connectivity index (χ0v) is 23.3. The summed E-state index contributed by atoms with van der Waals surface area (Å²) in [5.41, 5.74) is -1.56. The van der Waals surface area contributed by atoms with Crippen molar-refractivity contribution in [3.63, 3.8) is 0 Å². The Hall–Kier alpha value is -2.42. The SMILES string of the molecule is C=C1C[C@@H]2O[C@@H]([C@H]3[C@@H]2[C@](C)(OC(C)=O)[C@@H](OC(C)=O)C[C@@H]3C(C)C)[C@@](C)(OC(C)=O)CC[C@@H]1OC(C)=O. The quantitative estimate of drug-likeness (QED) is 0.301. The van der Waals surface area contributed by atoms with Crippen LogP contribution in [0, 0.1) is 23.7 Å². The molecule has 3 aliphatic rings. The van der Waals surface area contributed by atoms with Crippen molar-refractivity contribution in [1.82, 2.24) is 0 Å². The third-order valence-corrected chi connectivity index (χ3v) is 8.40. The van der Waals surface area contributed by atoms with Gasteiger partial charge in [0.2, 0.25) is 0 Å². The van der Waals surface area contributed by atoms with Crippen molar-refractivity contribution >= 4 is 23.9 Å². The number of hydrogen-bond donors (Lipinski definition) is 0. The van der Waals surface area contributed by atoms with Crippen molar-refractivity contribution < 1.29 is 42.9 Å². The molecule has 3 fully saturated rings. The molecule has 1 aliphatic carbocycles. The fourth-order valence-electron chi connectivity index (χ4n) is 7.08. The molecule has 2 saturated heterocycles. The predicted molar refractivity (Wildman–Crippen MR) is 133 cm³/mol. The molecule has 0 N–H and O–H groups in total. The number of esters is 4. The summed E-state index contributed by atoms with van der Waals surface area (Å²) in [6.45, 7) is 17.5. The molecule has 2 heterocycles. The lowest BCUT2D eigenvalue weighted by Gasteiger charge is -2.53. The van der Waals surface area contributed by atoms with Crippen LogP contribution in [0.4, 0.5) is 0 Å². The van der Waals surface area contributed by atoms with Gasteiger partial charge in [0.05, 0.1) is 6.10 Å². The second-order valence-corrected chi connectivity index (χ2v) is 11.6. The first-order valence-corrected chi connectivity index (χ1v) is 13.2. The van der Waals surface area contributed by atoms with Gasteiger partial charge in [-0.05, 0) is 56.9 Å². The number of carbonyl (C=O) groups excluding carboxylic acids is 4. The molecule has 2 aliphatic heterocycles. The van der Waals surface area contributed by atoms with Crippen LogP contribution < -0.4 is 0 Å². The van der Waals surface area contributed by atoms with Crippen LogP contribution in [0.2, 0.25) is 0 Å². The van der Waals surface area contributed by atoms with E-state index in [0.717, 1.165) is 0 Å². The van der Waals surface area contributed by atoms with Gasteiger partial charge in [-0.25, -0.2) is 0 Å². The van der Waals surface area contributed by atoms with Crippen LogP contribution >= 0.6 is 0 Å². The monoisotopic (exact) mass is 522 g/mol. The fraction of sp³-hybridized carbons (Fsp3) is 0.786. The highest BCUT2D eigenvalue weighted by Crippen LogP contribution is 2.59. The Morgan fingerprint density at radius 3 is 2.05 bits per heavy atom. The molecule has 1 saturated carbocycles. The smallest absolute Gasteiger partial charge is 0.303 e. The number of rotatable bonds is 5. The van der Waals surface area contributed by atoms with Gasteiger partial charge >= 0.3 is 23.9 Å². The molecule has 0 aromatic carbocycles. The summed E-state index contributed by atoms with van der Waals surface area (Å²) in [6.07, 6.45) is -0.659. The molecule has 9 heteroatoms. The van der Waals surface area contributed by atoms with Gasteiger partial charge < -0.3 is 23.7 Å². The van der Waals surface area contributed by atoms with E-state index in [1.807, 2.05) is 6.92 Å². The second-order valence-electron chi connectivity index (χ2n) is 11.6. The molecule has 2 bridgehead atoms. The fourth-order valence-corrected chi connectivity index (χ4v) is 7.08. The molecule has 208 valence electrons. The maximum atomic E-state index is 12.4. The van der Waals surface area contributed by atoms with Crippen molar-refractivity contribution in [3.05, 3.63) is 12.2 Å². The summed E-state index contributed by atoms with van der Waals surface area (Å²) in [5.74, 6) is -2.17. The highest BCUT2D eigenvalue weighted by atomic mass is 16.6. The largest absolute Gasteiger partial charge is 0.458 e. The summed E-state index contributed by atoms with van der Waals surface area (Å²) >= 11 is 0. The maximum Gasteiger partial charge on any atom is 0.303 e. The molecule has 0 aromatic heterocycles. The third kappa shape index (κ3) is 5.86. The van der Waals surface area contributed by atoms with Gasteiger partial charge in [0.25, 0.3) is 0 Å². The molecule has 0 aromatic rings. The van der Waals surface area contributed by atoms with E-state index < -0.39 is 65.4 Å². The van der Waals surface area contributed by atoms with Crippen LogP contribution in [0.5, 0.6) is 0 Å². The lowest BCUT2D eigenvalue weighted by molar-refractivity contribution is -0.216. The molecule has 0 spiro atoms. The Morgan fingerprint density at radius 1 is 0.946 bits per heavy atom. The van der Waals surface area contributed by atoms with Crippen LogP contribution in [0.1, 0.15) is 81.1 Å². The predicted octanol–water partition coefficient (Wildman–Crippen LogP) is 3.91. The van der Waals surface area contributed by atoms with Crippen molar-refractivity contribution in [2.75, 3.05) is 0 Å². The first kappa shape index (κ1) is 29.1. The highest BCUT2D eigenvalue weighted by molar-refractivity contribution is 5.68. The van der Waals surface area contributed by atoms with E-state index in [1.54, 1.807) is 6.92 Å². The van der Waals surface area contributed by atoms with Crippen LogP contribution in [0.25, 0.3) is 0 Å². The van der Waals surface area contributed by atoms with E-state index in [9.17, 15) is 19.2 Å². The second kappa shape index (κ2) is 10.8. The van der Waals surface area contributed by atoms with E-state index in [2.05, 4.69) is 20.4 Å². The van der Waals surface area contributed by atoms with Crippen LogP contribution in [-0.2, 0) is 42.9 Å². The molecule has 0 radical (unpaired) electrons. The Kier molecular flexibility index (Phi) is 8.47. The zero-order chi connectivity index (χ0) is 27.9. The lowest BCUT2D eigenvalue weighted by Crippen LogP contribution is -2.63. The lowest BCUT2D eigenvalue weighted by atomic mass is 9.56. The number of hydrogen-bond acceptors (Lipinski definition) is 9. The molecule has 37 heavy (non-hydrogen) atoms. The normalized spacial score (nSPS) is 39.5. The average Bonchev–Trinajstić information content (AvgIpc) is 3.13. The Bertz CT molecular complexity index is 942. The first-order chi connectivity index (χ1) is 17.1. The van der Waals surface area contributed by atoms with Gasteiger partial charge in [0, 0.05) is 39.5 Å². The van der Waals surface area contributed by atoms with Crippen molar-refractivity contribution in [3.8, 4) is 0 Å². The van der Waals surface area contributed by atoms with Gasteiger partial charge in [-0.1, -0.05) is 20.4 Å². The van der Waals surface area contributed by atoms with E-state index in [1.165, 1.54) is 27.7 Å². The Labute approximate surface area is 219 Å². The standard InChI is InChI=1S/C28H42O9/c1-14(2)20-13-23(34-17(5)30)28(9,37-19(7)32)25-22-12-15(3)21(33-16(4)29)10-11-27(8,36-18(6)31)26(35-22)24(20)25/h14,20-26H,3,10-13H2,1-2,4-9H3/t20-,21+,22+,23+,24-,25-,26+,27+,28-/m1/s1. The molecule has 9 nitrogen and oxygen atoms in total. The summed E-state index contributed by atoms with van der Waals surface area (Å²) in [6, 6.07) is 0. The minimum absolute atomic E-state index is 0.0276. The highest BCUT2D eigenvalue weighted by Gasteiger charge is 2.67. The van der Waals surface area contributed by atoms with Crippen LogP contribution in [0.15, 0.2) is 12.2 Å². The molecular weight excluding hydrogens is 480 g/mol. The van der Waals surface area contributed by atoms with Crippen LogP contribution in [-0.4, -0.2) is 59.5 Å². The van der Waals surface area contributed by atoms with Crippen molar-refractivity contribution in [2.45, 2.75) is 117 Å². The summed E-state index contributed by atoms with van der Waals surface area (Å²) in [4.78, 5) is 48.7. The minimum Gasteiger partial charge on any atom is -0.458 e. The number of fused-ring (bicyclic) bond motifs is 5. The number of ether oxygens (including phenoxy) is 5. The van der Waals surface area contributed by atoms with Gasteiger partial charge in [0.15, 0.2) is 5.60 Å². The Morgan fingerprint density at radius 2 is 1.54 bits per heavy atom. The molecule has 0 unspecified atom stereocenters. The van der Waals surface area contributed by atoms with Gasteiger partial charge in [-0.3, -0.25) is 19.2 Å². The molecular formula is C28H42O9. The van der Waals surface area contributed by atoms with Gasteiger partial charge in [-0.15, -0.1) is 0 Å². The Balaban J connectivity index is 2.20. The topological polar surface area (TPSA) is 114 Å². The van der Waals surface area contributed by atoms with E-state index in [0.29, 0.717) is 31.3 Å². The maximum absolute atomic E-state index is 12.4. The minimum atomic E-state index is -1.19. The van der Waals surface area contributed by atoms with Crippen molar-refractivity contribution in [1.29, 1.82) is 0 Å². The van der Waals surface area contributed by atoms with E-state index in [4.69, 9.17) is 23.7 Å². The van der Waals surface area contributed by atoms with Crippen molar-refractivity contribution in [2.24, 2.45) is 23.7 Å². The third-order valence-electron chi connectivity index (χ3n) is 8.40. The van der Waals surface area contributed by atoms with Gasteiger partial charge in [0.1, 0.15) is 23.9 Å².